The molecule has 4 nitrogen and oxygen atoms in total. The van der Waals surface area contributed by atoms with Gasteiger partial charge in [-0.1, -0.05) is 140 Å². The Kier molecular flexibility index (Phi) is 7.29. The summed E-state index contributed by atoms with van der Waals surface area (Å²) in [5.74, 6) is 0. The fraction of sp³-hybridized carbons (Fsp3) is 0. The Morgan fingerprint density at radius 2 is 0.852 bits per heavy atom. The SMILES string of the molecule is c1cc(-c2cc(-c3ccc4c(c3)-c3ccccc3[Si]43c4ccccc4-c4ccccc43)cc(-c3cccc4ccnnc34)c2)cc(-c2cnc3c(ccc4cccnc43)c2)c1. The summed E-state index contributed by atoms with van der Waals surface area (Å²) in [6.07, 6.45) is 5.58. The minimum atomic E-state index is -2.53. The number of aromatic nitrogens is 4. The summed E-state index contributed by atoms with van der Waals surface area (Å²) in [4.78, 5) is 9.60. The Morgan fingerprint density at radius 1 is 0.295 bits per heavy atom. The van der Waals surface area contributed by atoms with Crippen molar-refractivity contribution in [3.8, 4) is 66.8 Å². The van der Waals surface area contributed by atoms with E-state index in [-0.39, 0.29) is 0 Å². The lowest BCUT2D eigenvalue weighted by Crippen LogP contribution is -2.70. The summed E-state index contributed by atoms with van der Waals surface area (Å²) >= 11 is 0. The fourth-order valence-electron chi connectivity index (χ4n) is 10.4. The van der Waals surface area contributed by atoms with E-state index >= 15 is 0 Å². The normalized spacial score (nSPS) is 13.0. The van der Waals surface area contributed by atoms with Gasteiger partial charge in [-0.3, -0.25) is 9.97 Å². The van der Waals surface area contributed by atoms with Crippen LogP contribution in [0, 0.1) is 0 Å². The molecule has 8 aromatic carbocycles. The van der Waals surface area contributed by atoms with E-state index in [1.165, 1.54) is 48.6 Å². The first kappa shape index (κ1) is 34.0. The Balaban J connectivity index is 0.997. The third kappa shape index (κ3) is 4.99. The molecule has 0 N–H and O–H groups in total. The number of benzene rings is 8. The van der Waals surface area contributed by atoms with Crippen LogP contribution in [0.5, 0.6) is 0 Å². The van der Waals surface area contributed by atoms with Crippen molar-refractivity contribution in [3.05, 3.63) is 207 Å². The van der Waals surface area contributed by atoms with E-state index in [1.807, 2.05) is 24.5 Å². The molecule has 0 bridgehead atoms. The molecule has 282 valence electrons. The van der Waals surface area contributed by atoms with E-state index in [0.29, 0.717) is 0 Å². The highest BCUT2D eigenvalue weighted by atomic mass is 28.3. The first-order chi connectivity index (χ1) is 30.2. The quantitative estimate of drug-likeness (QED) is 0.132. The lowest BCUT2D eigenvalue weighted by Gasteiger charge is -2.27. The average molecular weight is 791 g/mol. The van der Waals surface area contributed by atoms with Gasteiger partial charge in [-0.15, -0.1) is 5.10 Å². The Hall–Kier alpha value is -7.86. The van der Waals surface area contributed by atoms with E-state index in [9.17, 15) is 0 Å². The zero-order valence-corrected chi connectivity index (χ0v) is 33.9. The monoisotopic (exact) mass is 790 g/mol. The lowest BCUT2D eigenvalue weighted by atomic mass is 9.90. The number of hydrogen-bond donors (Lipinski definition) is 0. The van der Waals surface area contributed by atoms with Crippen LogP contribution in [0.4, 0.5) is 0 Å². The molecule has 5 heterocycles. The number of fused-ring (bicyclic) bond motifs is 14. The second kappa shape index (κ2) is 13.1. The molecular weight excluding hydrogens is 757 g/mol. The summed E-state index contributed by atoms with van der Waals surface area (Å²) in [6, 6.07) is 69.5. The predicted molar refractivity (Wildman–Crippen MR) is 253 cm³/mol. The van der Waals surface area contributed by atoms with Crippen molar-refractivity contribution in [2.24, 2.45) is 0 Å². The van der Waals surface area contributed by atoms with Gasteiger partial charge in [-0.05, 0) is 125 Å². The van der Waals surface area contributed by atoms with Crippen LogP contribution in [0.25, 0.3) is 99.5 Å². The van der Waals surface area contributed by atoms with Gasteiger partial charge in [-0.2, -0.15) is 5.10 Å². The van der Waals surface area contributed by atoms with Crippen LogP contribution in [-0.2, 0) is 0 Å². The minimum absolute atomic E-state index is 0.889. The molecule has 5 heteroatoms. The third-order valence-electron chi connectivity index (χ3n) is 13.1. The van der Waals surface area contributed by atoms with Gasteiger partial charge in [0, 0.05) is 39.7 Å². The Morgan fingerprint density at radius 3 is 1.62 bits per heavy atom. The zero-order valence-electron chi connectivity index (χ0n) is 32.9. The van der Waals surface area contributed by atoms with E-state index in [4.69, 9.17) is 4.98 Å². The maximum Gasteiger partial charge on any atom is 0.182 e. The van der Waals surface area contributed by atoms with Gasteiger partial charge >= 0.3 is 0 Å². The second-order valence-electron chi connectivity index (χ2n) is 16.2. The van der Waals surface area contributed by atoms with E-state index in [0.717, 1.165) is 71.7 Å². The topological polar surface area (TPSA) is 51.6 Å². The Labute approximate surface area is 353 Å². The highest BCUT2D eigenvalue weighted by Crippen LogP contribution is 2.40. The first-order valence-corrected chi connectivity index (χ1v) is 22.8. The smallest absolute Gasteiger partial charge is 0.182 e. The van der Waals surface area contributed by atoms with Crippen molar-refractivity contribution in [1.82, 2.24) is 20.2 Å². The molecule has 3 aromatic heterocycles. The molecule has 0 aliphatic carbocycles. The maximum absolute atomic E-state index is 4.95. The van der Waals surface area contributed by atoms with Crippen LogP contribution in [0.3, 0.4) is 0 Å². The fourth-order valence-corrected chi connectivity index (χ4v) is 16.0. The van der Waals surface area contributed by atoms with Crippen molar-refractivity contribution in [2.45, 2.75) is 0 Å². The largest absolute Gasteiger partial charge is 0.254 e. The summed E-state index contributed by atoms with van der Waals surface area (Å²) in [5.41, 5.74) is 17.1. The van der Waals surface area contributed by atoms with Crippen LogP contribution in [0.1, 0.15) is 0 Å². The lowest BCUT2D eigenvalue weighted by molar-refractivity contribution is 1.08. The number of pyridine rings is 2. The number of rotatable bonds is 4. The van der Waals surface area contributed by atoms with Crippen molar-refractivity contribution in [2.75, 3.05) is 0 Å². The first-order valence-electron chi connectivity index (χ1n) is 20.8. The van der Waals surface area contributed by atoms with E-state index in [2.05, 4.69) is 191 Å². The number of nitrogens with zero attached hydrogens (tertiary/aromatic N) is 4. The van der Waals surface area contributed by atoms with Gasteiger partial charge in [0.2, 0.25) is 0 Å². The molecular formula is C56H34N4Si. The van der Waals surface area contributed by atoms with Crippen molar-refractivity contribution in [1.29, 1.82) is 0 Å². The van der Waals surface area contributed by atoms with Crippen LogP contribution >= 0.6 is 0 Å². The highest BCUT2D eigenvalue weighted by molar-refractivity contribution is 7.24. The molecule has 0 amide bonds. The summed E-state index contributed by atoms with van der Waals surface area (Å²) in [6.45, 7) is 0. The number of hydrogen-bond acceptors (Lipinski definition) is 4. The van der Waals surface area contributed by atoms with Gasteiger partial charge in [0.05, 0.1) is 17.2 Å². The standard InChI is InChI=1S/C56H34N4Si/c1-4-18-50-46(14-1)47-15-2-5-19-51(47)61(50)52-20-6-3-16-48(52)49-33-39(23-24-53(49)61)42-30-41(31-43(32-42)45-17-8-10-36-25-27-59-60-54(36)45)37-11-7-12-38(28-37)44-29-40-22-21-35-13-9-26-57-55(35)56(40)58-34-44/h1-34H. The van der Waals surface area contributed by atoms with Crippen molar-refractivity contribution >= 4 is 61.5 Å². The van der Waals surface area contributed by atoms with Gasteiger partial charge in [-0.25, -0.2) is 0 Å². The molecule has 0 radical (unpaired) electrons. The maximum atomic E-state index is 4.95. The summed E-state index contributed by atoms with van der Waals surface area (Å²) in [5, 5.41) is 18.1. The molecule has 13 rings (SSSR count). The Bertz CT molecular complexity index is 3580. The third-order valence-corrected chi connectivity index (χ3v) is 18.0. The van der Waals surface area contributed by atoms with Gasteiger partial charge in [0.1, 0.15) is 5.52 Å². The molecule has 0 saturated carbocycles. The predicted octanol–water partition coefficient (Wildman–Crippen LogP) is 10.7. The summed E-state index contributed by atoms with van der Waals surface area (Å²) < 4.78 is 0. The second-order valence-corrected chi connectivity index (χ2v) is 19.9. The molecule has 2 aliphatic heterocycles. The molecule has 1 spiro atoms. The summed E-state index contributed by atoms with van der Waals surface area (Å²) in [7, 11) is -2.53. The van der Waals surface area contributed by atoms with E-state index in [1.54, 1.807) is 6.20 Å². The highest BCUT2D eigenvalue weighted by Gasteiger charge is 2.53. The zero-order chi connectivity index (χ0) is 40.1. The molecule has 0 fully saturated rings. The molecule has 0 atom stereocenters. The average Bonchev–Trinajstić information content (AvgIpc) is 3.80. The van der Waals surface area contributed by atoms with Gasteiger partial charge in [0.15, 0.2) is 8.07 Å². The molecule has 11 aromatic rings. The van der Waals surface area contributed by atoms with Crippen LogP contribution < -0.4 is 20.7 Å². The van der Waals surface area contributed by atoms with Gasteiger partial charge < -0.3 is 0 Å². The van der Waals surface area contributed by atoms with Gasteiger partial charge in [0.25, 0.3) is 0 Å². The van der Waals surface area contributed by atoms with Crippen molar-refractivity contribution in [3.63, 3.8) is 0 Å². The molecule has 2 aliphatic rings. The molecule has 0 unspecified atom stereocenters. The van der Waals surface area contributed by atoms with E-state index < -0.39 is 8.07 Å². The van der Waals surface area contributed by atoms with Crippen LogP contribution in [0.2, 0.25) is 0 Å². The molecule has 61 heavy (non-hydrogen) atoms. The minimum Gasteiger partial charge on any atom is -0.254 e. The van der Waals surface area contributed by atoms with Crippen LogP contribution in [-0.4, -0.2) is 28.2 Å². The van der Waals surface area contributed by atoms with Crippen LogP contribution in [0.15, 0.2) is 207 Å². The van der Waals surface area contributed by atoms with Crippen molar-refractivity contribution < 1.29 is 0 Å². The molecule has 0 saturated heterocycles.